The Balaban J connectivity index is 1.25. The molecular weight excluding hydrogens is 392 g/mol. The Kier molecular flexibility index (Phi) is 5.41. The summed E-state index contributed by atoms with van der Waals surface area (Å²) >= 11 is 0. The van der Waals surface area contributed by atoms with Gasteiger partial charge in [0.15, 0.2) is 11.5 Å². The lowest BCUT2D eigenvalue weighted by Crippen LogP contribution is -2.46. The van der Waals surface area contributed by atoms with E-state index in [0.717, 1.165) is 25.5 Å². The molecule has 1 atom stereocenters. The zero-order valence-electron chi connectivity index (χ0n) is 17.1. The average molecular weight is 416 g/mol. The van der Waals surface area contributed by atoms with Crippen LogP contribution in [-0.2, 0) is 0 Å². The number of nitrogens with zero attached hydrogens (tertiary/aromatic N) is 2. The van der Waals surface area contributed by atoms with E-state index in [2.05, 4.69) is 44.8 Å². The standard InChI is InChI=1S/C24H24N4O3/c29-24(27-19-7-8-21-22(14-19)31-13-12-30-21)18-6-9-23(26-15-18)28-11-10-25-20(16-28)17-4-2-1-3-5-17/h1-9,14-15,20,25H,10-13,16H2,(H,27,29)/t20-/m0/s1. The Bertz CT molecular complexity index is 1060. The van der Waals surface area contributed by atoms with Crippen molar-refractivity contribution in [1.82, 2.24) is 10.3 Å². The Hall–Kier alpha value is -3.58. The number of aromatic nitrogens is 1. The second-order valence-corrected chi connectivity index (χ2v) is 7.58. The molecule has 2 aromatic carbocycles. The Labute approximate surface area is 181 Å². The monoisotopic (exact) mass is 416 g/mol. The van der Waals surface area contributed by atoms with Crippen LogP contribution in [0.25, 0.3) is 0 Å². The minimum Gasteiger partial charge on any atom is -0.486 e. The van der Waals surface area contributed by atoms with Crippen molar-refractivity contribution < 1.29 is 14.3 Å². The molecule has 2 N–H and O–H groups in total. The van der Waals surface area contributed by atoms with Crippen molar-refractivity contribution in [3.63, 3.8) is 0 Å². The number of piperazine rings is 1. The predicted octanol–water partition coefficient (Wildman–Crippen LogP) is 3.26. The molecule has 3 aromatic rings. The van der Waals surface area contributed by atoms with Crippen LogP contribution >= 0.6 is 0 Å². The van der Waals surface area contributed by atoms with Gasteiger partial charge < -0.3 is 25.0 Å². The maximum Gasteiger partial charge on any atom is 0.257 e. The van der Waals surface area contributed by atoms with Crippen LogP contribution in [0, 0.1) is 0 Å². The van der Waals surface area contributed by atoms with E-state index in [1.807, 2.05) is 18.2 Å². The zero-order valence-corrected chi connectivity index (χ0v) is 17.1. The molecule has 2 aliphatic heterocycles. The fraction of sp³-hybridized carbons (Fsp3) is 0.250. The minimum atomic E-state index is -0.210. The van der Waals surface area contributed by atoms with Crippen molar-refractivity contribution >= 4 is 17.4 Å². The third-order valence-electron chi connectivity index (χ3n) is 5.51. The van der Waals surface area contributed by atoms with Gasteiger partial charge in [0.1, 0.15) is 19.0 Å². The molecule has 2 aliphatic rings. The number of nitrogens with one attached hydrogen (secondary N) is 2. The summed E-state index contributed by atoms with van der Waals surface area (Å²) in [6.45, 7) is 3.63. The lowest BCUT2D eigenvalue weighted by atomic mass is 10.0. The van der Waals surface area contributed by atoms with E-state index in [1.165, 1.54) is 5.56 Å². The summed E-state index contributed by atoms with van der Waals surface area (Å²) in [7, 11) is 0. The van der Waals surface area contributed by atoms with Gasteiger partial charge in [-0.3, -0.25) is 4.79 Å². The Morgan fingerprint density at radius 2 is 1.87 bits per heavy atom. The molecule has 0 unspecified atom stereocenters. The van der Waals surface area contributed by atoms with Crippen LogP contribution in [0.2, 0.25) is 0 Å². The Morgan fingerprint density at radius 1 is 1.03 bits per heavy atom. The van der Waals surface area contributed by atoms with Gasteiger partial charge in [0.2, 0.25) is 0 Å². The third kappa shape index (κ3) is 4.32. The highest BCUT2D eigenvalue weighted by atomic mass is 16.6. The molecule has 0 bridgehead atoms. The number of carbonyl (C=O) groups excluding carboxylic acids is 1. The molecule has 31 heavy (non-hydrogen) atoms. The largest absolute Gasteiger partial charge is 0.486 e. The maximum atomic E-state index is 12.7. The second-order valence-electron chi connectivity index (χ2n) is 7.58. The van der Waals surface area contributed by atoms with E-state index in [4.69, 9.17) is 9.47 Å². The van der Waals surface area contributed by atoms with E-state index >= 15 is 0 Å². The van der Waals surface area contributed by atoms with Crippen molar-refractivity contribution in [3.8, 4) is 11.5 Å². The highest BCUT2D eigenvalue weighted by Crippen LogP contribution is 2.32. The quantitative estimate of drug-likeness (QED) is 0.680. The highest BCUT2D eigenvalue weighted by molar-refractivity contribution is 6.04. The number of hydrogen-bond acceptors (Lipinski definition) is 6. The second kappa shape index (κ2) is 8.65. The molecule has 7 nitrogen and oxygen atoms in total. The SMILES string of the molecule is O=C(Nc1ccc2c(c1)OCCO2)c1ccc(N2CCN[C@H](c3ccccc3)C2)nc1. The lowest BCUT2D eigenvalue weighted by molar-refractivity contribution is 0.102. The van der Waals surface area contributed by atoms with Gasteiger partial charge in [-0.15, -0.1) is 0 Å². The maximum absolute atomic E-state index is 12.7. The fourth-order valence-electron chi connectivity index (χ4n) is 3.90. The number of benzene rings is 2. The molecule has 7 heteroatoms. The topological polar surface area (TPSA) is 75.7 Å². The summed E-state index contributed by atoms with van der Waals surface area (Å²) in [5, 5.41) is 6.46. The first kappa shape index (κ1) is 19.4. The molecule has 0 radical (unpaired) electrons. The van der Waals surface area contributed by atoms with Crippen LogP contribution in [0.1, 0.15) is 22.0 Å². The average Bonchev–Trinajstić information content (AvgIpc) is 2.85. The summed E-state index contributed by atoms with van der Waals surface area (Å²) in [6, 6.07) is 19.8. The van der Waals surface area contributed by atoms with Gasteiger partial charge in [0.05, 0.1) is 5.56 Å². The molecule has 0 saturated carbocycles. The fourth-order valence-corrected chi connectivity index (χ4v) is 3.90. The van der Waals surface area contributed by atoms with Crippen molar-refractivity contribution in [2.75, 3.05) is 43.1 Å². The molecule has 0 aliphatic carbocycles. The predicted molar refractivity (Wildman–Crippen MR) is 119 cm³/mol. The first-order valence-electron chi connectivity index (χ1n) is 10.5. The summed E-state index contributed by atoms with van der Waals surface area (Å²) in [4.78, 5) is 19.5. The van der Waals surface area contributed by atoms with E-state index in [9.17, 15) is 4.79 Å². The number of rotatable bonds is 4. The molecule has 1 saturated heterocycles. The van der Waals surface area contributed by atoms with Gasteiger partial charge in [-0.25, -0.2) is 4.98 Å². The number of anilines is 2. The van der Waals surface area contributed by atoms with Crippen LogP contribution in [0.4, 0.5) is 11.5 Å². The van der Waals surface area contributed by atoms with Crippen LogP contribution in [0.3, 0.4) is 0 Å². The van der Waals surface area contributed by atoms with E-state index in [0.29, 0.717) is 36.0 Å². The van der Waals surface area contributed by atoms with Gasteiger partial charge in [0.25, 0.3) is 5.91 Å². The lowest BCUT2D eigenvalue weighted by Gasteiger charge is -2.34. The highest BCUT2D eigenvalue weighted by Gasteiger charge is 2.22. The number of hydrogen-bond donors (Lipinski definition) is 2. The smallest absolute Gasteiger partial charge is 0.257 e. The van der Waals surface area contributed by atoms with E-state index < -0.39 is 0 Å². The van der Waals surface area contributed by atoms with Crippen LogP contribution in [0.5, 0.6) is 11.5 Å². The number of fused-ring (bicyclic) bond motifs is 1. The van der Waals surface area contributed by atoms with Crippen LogP contribution < -0.4 is 25.0 Å². The zero-order chi connectivity index (χ0) is 21.0. The molecule has 0 spiro atoms. The minimum absolute atomic E-state index is 0.210. The van der Waals surface area contributed by atoms with Gasteiger partial charge >= 0.3 is 0 Å². The van der Waals surface area contributed by atoms with Gasteiger partial charge in [0, 0.05) is 43.6 Å². The molecule has 5 rings (SSSR count). The normalized spacial score (nSPS) is 17.8. The van der Waals surface area contributed by atoms with E-state index in [-0.39, 0.29) is 11.9 Å². The number of amides is 1. The van der Waals surface area contributed by atoms with Crippen LogP contribution in [-0.4, -0.2) is 43.7 Å². The molecule has 1 aromatic heterocycles. The van der Waals surface area contributed by atoms with Crippen molar-refractivity contribution in [2.45, 2.75) is 6.04 Å². The molecule has 3 heterocycles. The van der Waals surface area contributed by atoms with Crippen molar-refractivity contribution in [3.05, 3.63) is 78.0 Å². The van der Waals surface area contributed by atoms with Gasteiger partial charge in [-0.1, -0.05) is 30.3 Å². The van der Waals surface area contributed by atoms with Crippen LogP contribution in [0.15, 0.2) is 66.9 Å². The molecule has 1 fully saturated rings. The number of carbonyl (C=O) groups is 1. The van der Waals surface area contributed by atoms with Crippen molar-refractivity contribution in [2.24, 2.45) is 0 Å². The number of pyridine rings is 1. The molecule has 1 amide bonds. The first-order valence-corrected chi connectivity index (χ1v) is 10.5. The third-order valence-corrected chi connectivity index (χ3v) is 5.51. The molecular formula is C24H24N4O3. The van der Waals surface area contributed by atoms with Crippen molar-refractivity contribution in [1.29, 1.82) is 0 Å². The van der Waals surface area contributed by atoms with E-state index in [1.54, 1.807) is 24.4 Å². The summed E-state index contributed by atoms with van der Waals surface area (Å²) < 4.78 is 11.1. The van der Waals surface area contributed by atoms with Gasteiger partial charge in [-0.2, -0.15) is 0 Å². The Morgan fingerprint density at radius 3 is 2.68 bits per heavy atom. The summed E-state index contributed by atoms with van der Waals surface area (Å²) in [5.41, 5.74) is 2.43. The van der Waals surface area contributed by atoms with Gasteiger partial charge in [-0.05, 0) is 29.8 Å². The molecule has 158 valence electrons. The summed E-state index contributed by atoms with van der Waals surface area (Å²) in [5.74, 6) is 2.00. The first-order chi connectivity index (χ1) is 15.3. The number of ether oxygens (including phenoxy) is 2. The summed E-state index contributed by atoms with van der Waals surface area (Å²) in [6.07, 6.45) is 1.63.